The van der Waals surface area contributed by atoms with E-state index in [9.17, 15) is 4.79 Å². The topological polar surface area (TPSA) is 70.6 Å². The van der Waals surface area contributed by atoms with Crippen molar-refractivity contribution in [1.29, 1.82) is 0 Å². The van der Waals surface area contributed by atoms with Gasteiger partial charge < -0.3 is 20.5 Å². The standard InChI is InChI=1S/C15H15ClN2O3/c16-11-5-1-3-7-13(11)21-14-8-4-2-6-12(14)18-15(20)17-9-10-19/h1-8,19H,9-10H2,(H2,17,18,20). The average Bonchev–Trinajstić information content (AvgIpc) is 2.49. The van der Waals surface area contributed by atoms with Gasteiger partial charge in [-0.15, -0.1) is 0 Å². The highest BCUT2D eigenvalue weighted by molar-refractivity contribution is 6.32. The number of nitrogens with one attached hydrogen (secondary N) is 2. The van der Waals surface area contributed by atoms with E-state index >= 15 is 0 Å². The lowest BCUT2D eigenvalue weighted by Crippen LogP contribution is -2.31. The zero-order chi connectivity index (χ0) is 15.1. The maximum Gasteiger partial charge on any atom is 0.319 e. The monoisotopic (exact) mass is 306 g/mol. The highest BCUT2D eigenvalue weighted by atomic mass is 35.5. The molecule has 5 nitrogen and oxygen atoms in total. The van der Waals surface area contributed by atoms with Gasteiger partial charge in [-0.2, -0.15) is 0 Å². The maximum atomic E-state index is 11.6. The fraction of sp³-hybridized carbons (Fsp3) is 0.133. The van der Waals surface area contributed by atoms with Gasteiger partial charge in [-0.3, -0.25) is 0 Å². The number of aliphatic hydroxyl groups excluding tert-OH is 1. The van der Waals surface area contributed by atoms with Gasteiger partial charge in [-0.05, 0) is 24.3 Å². The summed E-state index contributed by atoms with van der Waals surface area (Å²) in [6.45, 7) is 0.0601. The first-order valence-electron chi connectivity index (χ1n) is 6.38. The Labute approximate surface area is 127 Å². The normalized spacial score (nSPS) is 10.0. The quantitative estimate of drug-likeness (QED) is 0.794. The SMILES string of the molecule is O=C(NCCO)Nc1ccccc1Oc1ccccc1Cl. The highest BCUT2D eigenvalue weighted by Crippen LogP contribution is 2.33. The summed E-state index contributed by atoms with van der Waals surface area (Å²) < 4.78 is 5.72. The second-order valence-corrected chi connectivity index (χ2v) is 4.54. The zero-order valence-electron chi connectivity index (χ0n) is 11.2. The molecule has 0 aliphatic carbocycles. The van der Waals surface area contributed by atoms with Crippen LogP contribution in [0.1, 0.15) is 0 Å². The Morgan fingerprint density at radius 1 is 1.10 bits per heavy atom. The summed E-state index contributed by atoms with van der Waals surface area (Å²) in [6, 6.07) is 13.7. The summed E-state index contributed by atoms with van der Waals surface area (Å²) >= 11 is 6.05. The van der Waals surface area contributed by atoms with Gasteiger partial charge in [0.15, 0.2) is 5.75 Å². The lowest BCUT2D eigenvalue weighted by Gasteiger charge is -2.13. The van der Waals surface area contributed by atoms with Crippen LogP contribution >= 0.6 is 11.6 Å². The number of aliphatic hydroxyl groups is 1. The third-order valence-electron chi connectivity index (χ3n) is 2.59. The van der Waals surface area contributed by atoms with Crippen LogP contribution in [0.2, 0.25) is 5.02 Å². The molecular weight excluding hydrogens is 292 g/mol. The summed E-state index contributed by atoms with van der Waals surface area (Å²) in [5.74, 6) is 0.980. The number of carbonyl (C=O) groups excluding carboxylic acids is 1. The smallest absolute Gasteiger partial charge is 0.319 e. The van der Waals surface area contributed by atoms with Gasteiger partial charge in [-0.25, -0.2) is 4.79 Å². The lowest BCUT2D eigenvalue weighted by molar-refractivity contribution is 0.244. The fourth-order valence-electron chi connectivity index (χ4n) is 1.64. The van der Waals surface area contributed by atoms with E-state index in [1.165, 1.54) is 0 Å². The second kappa shape index (κ2) is 7.52. The van der Waals surface area contributed by atoms with Gasteiger partial charge in [0.25, 0.3) is 0 Å². The average molecular weight is 307 g/mol. The van der Waals surface area contributed by atoms with Crippen molar-refractivity contribution in [2.75, 3.05) is 18.5 Å². The van der Waals surface area contributed by atoms with E-state index in [4.69, 9.17) is 21.4 Å². The summed E-state index contributed by atoms with van der Waals surface area (Å²) in [6.07, 6.45) is 0. The van der Waals surface area contributed by atoms with E-state index in [0.29, 0.717) is 22.2 Å². The van der Waals surface area contributed by atoms with Crippen LogP contribution < -0.4 is 15.4 Å². The Balaban J connectivity index is 2.13. The minimum atomic E-state index is -0.417. The van der Waals surface area contributed by atoms with Crippen LogP contribution in [0.4, 0.5) is 10.5 Å². The van der Waals surface area contributed by atoms with Crippen molar-refractivity contribution in [1.82, 2.24) is 5.32 Å². The molecule has 0 fully saturated rings. The van der Waals surface area contributed by atoms with E-state index in [1.54, 1.807) is 36.4 Å². The number of urea groups is 1. The first-order chi connectivity index (χ1) is 10.2. The minimum Gasteiger partial charge on any atom is -0.454 e. The van der Waals surface area contributed by atoms with E-state index in [2.05, 4.69) is 10.6 Å². The Morgan fingerprint density at radius 2 is 1.76 bits per heavy atom. The van der Waals surface area contributed by atoms with Crippen molar-refractivity contribution in [3.63, 3.8) is 0 Å². The molecule has 0 saturated carbocycles. The summed E-state index contributed by atoms with van der Waals surface area (Å²) in [4.78, 5) is 11.6. The lowest BCUT2D eigenvalue weighted by atomic mass is 10.3. The molecule has 21 heavy (non-hydrogen) atoms. The van der Waals surface area contributed by atoms with Gasteiger partial charge in [0.05, 0.1) is 17.3 Å². The van der Waals surface area contributed by atoms with E-state index in [-0.39, 0.29) is 13.2 Å². The molecule has 2 rings (SSSR count). The molecule has 110 valence electrons. The molecule has 0 atom stereocenters. The predicted molar refractivity (Wildman–Crippen MR) is 82.1 cm³/mol. The molecule has 0 saturated heterocycles. The molecule has 0 heterocycles. The number of carbonyl (C=O) groups is 1. The van der Waals surface area contributed by atoms with Gasteiger partial charge in [-0.1, -0.05) is 35.9 Å². The first-order valence-corrected chi connectivity index (χ1v) is 6.75. The number of anilines is 1. The number of ether oxygens (including phenoxy) is 1. The molecule has 2 aromatic carbocycles. The number of hydrogen-bond donors (Lipinski definition) is 3. The van der Waals surface area contributed by atoms with Gasteiger partial charge in [0.2, 0.25) is 0 Å². The van der Waals surface area contributed by atoms with Gasteiger partial charge >= 0.3 is 6.03 Å². The third kappa shape index (κ3) is 4.37. The van der Waals surface area contributed by atoms with Crippen LogP contribution in [-0.4, -0.2) is 24.3 Å². The number of halogens is 1. The molecule has 0 bridgehead atoms. The number of hydrogen-bond acceptors (Lipinski definition) is 3. The Hall–Kier alpha value is -2.24. The zero-order valence-corrected chi connectivity index (χ0v) is 11.9. The Bertz CT molecular complexity index is 619. The van der Waals surface area contributed by atoms with E-state index < -0.39 is 6.03 Å². The van der Waals surface area contributed by atoms with Crippen molar-refractivity contribution in [3.8, 4) is 11.5 Å². The maximum absolute atomic E-state index is 11.6. The third-order valence-corrected chi connectivity index (χ3v) is 2.90. The number of amides is 2. The van der Waals surface area contributed by atoms with Crippen LogP contribution in [0.25, 0.3) is 0 Å². The molecule has 6 heteroatoms. The van der Waals surface area contributed by atoms with Crippen LogP contribution in [-0.2, 0) is 0 Å². The molecule has 0 aromatic heterocycles. The predicted octanol–water partition coefficient (Wildman–Crippen LogP) is 3.25. The minimum absolute atomic E-state index is 0.120. The molecule has 0 aliphatic rings. The Kier molecular flexibility index (Phi) is 5.43. The van der Waals surface area contributed by atoms with E-state index in [0.717, 1.165) is 0 Å². The van der Waals surface area contributed by atoms with Crippen molar-refractivity contribution in [2.45, 2.75) is 0 Å². The van der Waals surface area contributed by atoms with Crippen molar-refractivity contribution >= 4 is 23.3 Å². The number of rotatable bonds is 5. The summed E-state index contributed by atoms with van der Waals surface area (Å²) in [7, 11) is 0. The summed E-state index contributed by atoms with van der Waals surface area (Å²) in [5.41, 5.74) is 0.507. The molecule has 0 unspecified atom stereocenters. The van der Waals surface area contributed by atoms with Crippen molar-refractivity contribution in [3.05, 3.63) is 53.6 Å². The van der Waals surface area contributed by atoms with Gasteiger partial charge in [0, 0.05) is 6.54 Å². The number of benzene rings is 2. The van der Waals surface area contributed by atoms with Crippen molar-refractivity contribution in [2.24, 2.45) is 0 Å². The van der Waals surface area contributed by atoms with Crippen LogP contribution in [0.5, 0.6) is 11.5 Å². The van der Waals surface area contributed by atoms with Crippen LogP contribution in [0.3, 0.4) is 0 Å². The molecule has 0 radical (unpaired) electrons. The first kappa shape index (κ1) is 15.2. The molecule has 0 aliphatic heterocycles. The fourth-order valence-corrected chi connectivity index (χ4v) is 1.82. The molecular formula is C15H15ClN2O3. The van der Waals surface area contributed by atoms with Crippen LogP contribution in [0, 0.1) is 0 Å². The van der Waals surface area contributed by atoms with E-state index in [1.807, 2.05) is 12.1 Å². The number of para-hydroxylation sites is 3. The largest absolute Gasteiger partial charge is 0.454 e. The molecule has 2 amide bonds. The van der Waals surface area contributed by atoms with Gasteiger partial charge in [0.1, 0.15) is 5.75 Å². The molecule has 2 aromatic rings. The molecule has 0 spiro atoms. The highest BCUT2D eigenvalue weighted by Gasteiger charge is 2.09. The Morgan fingerprint density at radius 3 is 2.48 bits per heavy atom. The van der Waals surface area contributed by atoms with Crippen molar-refractivity contribution < 1.29 is 14.6 Å². The molecule has 3 N–H and O–H groups in total. The van der Waals surface area contributed by atoms with Crippen LogP contribution in [0.15, 0.2) is 48.5 Å². The second-order valence-electron chi connectivity index (χ2n) is 4.13. The summed E-state index contributed by atoms with van der Waals surface area (Å²) in [5, 5.41) is 14.3.